The fourth-order valence-electron chi connectivity index (χ4n) is 7.39. The molecule has 0 fully saturated rings. The van der Waals surface area contributed by atoms with Crippen molar-refractivity contribution in [2.24, 2.45) is 17.2 Å². The zero-order valence-corrected chi connectivity index (χ0v) is 35.4. The summed E-state index contributed by atoms with van der Waals surface area (Å²) in [5.74, 6) is -3.45. The monoisotopic (exact) mass is 873 g/mol. The first-order valence-electron chi connectivity index (χ1n) is 21.0. The molecule has 64 heavy (non-hydrogen) atoms. The summed E-state index contributed by atoms with van der Waals surface area (Å²) in [5.41, 5.74) is 24.5. The van der Waals surface area contributed by atoms with Gasteiger partial charge in [-0.2, -0.15) is 0 Å². The van der Waals surface area contributed by atoms with Gasteiger partial charge in [-0.05, 0) is 54.6 Å². The van der Waals surface area contributed by atoms with E-state index < -0.39 is 65.8 Å². The van der Waals surface area contributed by atoms with Crippen molar-refractivity contribution in [3.05, 3.63) is 126 Å². The fraction of sp³-hybridized carbons (Fsp3) is 0.311. The molecule has 7 amide bonds. The first kappa shape index (κ1) is 46.0. The number of hydrogen-bond donors (Lipinski definition) is 11. The molecular weight excluding hydrogens is 819 g/mol. The first-order chi connectivity index (χ1) is 30.9. The number of hydrazine groups is 1. The second-order valence-electron chi connectivity index (χ2n) is 15.6. The second-order valence-corrected chi connectivity index (χ2v) is 15.6. The third kappa shape index (κ3) is 12.3. The van der Waals surface area contributed by atoms with Crippen LogP contribution < -0.4 is 43.9 Å². The van der Waals surface area contributed by atoms with Crippen LogP contribution in [0.15, 0.2) is 104 Å². The maximum absolute atomic E-state index is 14.4. The van der Waals surface area contributed by atoms with Crippen LogP contribution in [0.1, 0.15) is 41.6 Å². The highest BCUT2D eigenvalue weighted by molar-refractivity contribution is 5.96. The van der Waals surface area contributed by atoms with Gasteiger partial charge in [0.05, 0.1) is 12.4 Å². The lowest BCUT2D eigenvalue weighted by Gasteiger charge is -2.27. The molecule has 3 heterocycles. The number of para-hydroxylation sites is 2. The second kappa shape index (κ2) is 22.0. The molecule has 0 saturated carbocycles. The third-order valence-corrected chi connectivity index (χ3v) is 10.9. The molecule has 0 aliphatic rings. The Morgan fingerprint density at radius 3 is 1.77 bits per heavy atom. The lowest BCUT2D eigenvalue weighted by Crippen LogP contribution is -2.60. The number of carbonyl (C=O) groups is 6. The van der Waals surface area contributed by atoms with E-state index in [2.05, 4.69) is 46.6 Å². The zero-order chi connectivity index (χ0) is 45.6. The Balaban J connectivity index is 1.22. The molecule has 5 atom stereocenters. The van der Waals surface area contributed by atoms with E-state index in [-0.39, 0.29) is 32.1 Å². The number of amides is 7. The molecule has 6 aromatic rings. The predicted molar refractivity (Wildman–Crippen MR) is 241 cm³/mol. The summed E-state index contributed by atoms with van der Waals surface area (Å²) >= 11 is 0. The van der Waals surface area contributed by atoms with Crippen molar-refractivity contribution in [2.45, 2.75) is 75.2 Å². The topological polar surface area (TPSA) is 304 Å². The van der Waals surface area contributed by atoms with E-state index in [9.17, 15) is 28.8 Å². The molecule has 0 unspecified atom stereocenters. The first-order valence-corrected chi connectivity index (χ1v) is 21.0. The van der Waals surface area contributed by atoms with E-state index in [4.69, 9.17) is 17.2 Å². The average Bonchev–Trinajstić information content (AvgIpc) is 4.06. The Hall–Kier alpha value is -7.51. The number of nitrogens with zero attached hydrogens (tertiary/aromatic N) is 2. The molecule has 6 rings (SSSR count). The molecule has 19 nitrogen and oxygen atoms in total. The van der Waals surface area contributed by atoms with Gasteiger partial charge >= 0.3 is 6.03 Å². The van der Waals surface area contributed by atoms with E-state index >= 15 is 0 Å². The fourth-order valence-corrected chi connectivity index (χ4v) is 7.39. The summed E-state index contributed by atoms with van der Waals surface area (Å²) in [6.45, 7) is 0.401. The zero-order valence-electron chi connectivity index (χ0n) is 35.4. The Bertz CT molecular complexity index is 2520. The number of aromatic amines is 3. The number of aromatic nitrogens is 4. The van der Waals surface area contributed by atoms with Gasteiger partial charge in [-0.1, -0.05) is 66.7 Å². The van der Waals surface area contributed by atoms with Gasteiger partial charge in [0.2, 0.25) is 23.6 Å². The Labute approximate surface area is 369 Å². The van der Waals surface area contributed by atoms with E-state index in [0.29, 0.717) is 30.6 Å². The molecule has 0 radical (unpaired) electrons. The molecule has 0 spiro atoms. The molecule has 0 aliphatic carbocycles. The molecule has 0 bridgehead atoms. The predicted octanol–water partition coefficient (Wildman–Crippen LogP) is 1.08. The van der Waals surface area contributed by atoms with Crippen LogP contribution in [0.3, 0.4) is 0 Å². The van der Waals surface area contributed by atoms with Gasteiger partial charge in [0.15, 0.2) is 0 Å². The molecule has 3 aromatic heterocycles. The number of imidazole rings is 1. The van der Waals surface area contributed by atoms with Crippen molar-refractivity contribution >= 4 is 57.4 Å². The van der Waals surface area contributed by atoms with Crippen molar-refractivity contribution in [2.75, 3.05) is 13.6 Å². The smallest absolute Gasteiger partial charge is 0.336 e. The summed E-state index contributed by atoms with van der Waals surface area (Å²) in [4.78, 5) is 95.4. The largest absolute Gasteiger partial charge is 0.368 e. The summed E-state index contributed by atoms with van der Waals surface area (Å²) in [6.07, 6.45) is 8.09. The lowest BCUT2D eigenvalue weighted by atomic mass is 10.0. The van der Waals surface area contributed by atoms with Crippen LogP contribution in [-0.2, 0) is 49.7 Å². The number of primary amides is 1. The maximum Gasteiger partial charge on any atom is 0.336 e. The average molecular weight is 874 g/mol. The van der Waals surface area contributed by atoms with E-state index in [1.807, 2.05) is 54.6 Å². The highest BCUT2D eigenvalue weighted by atomic mass is 16.2. The lowest BCUT2D eigenvalue weighted by molar-refractivity contribution is -0.132. The Morgan fingerprint density at radius 1 is 0.641 bits per heavy atom. The van der Waals surface area contributed by atoms with Crippen molar-refractivity contribution in [3.63, 3.8) is 0 Å². The molecule has 3 aromatic carbocycles. The van der Waals surface area contributed by atoms with Gasteiger partial charge in [0.1, 0.15) is 24.2 Å². The van der Waals surface area contributed by atoms with Crippen molar-refractivity contribution in [1.29, 1.82) is 0 Å². The van der Waals surface area contributed by atoms with Crippen LogP contribution in [0.4, 0.5) is 4.79 Å². The Morgan fingerprint density at radius 2 is 1.19 bits per heavy atom. The number of benzene rings is 3. The summed E-state index contributed by atoms with van der Waals surface area (Å²) in [6, 6.07) is 17.3. The van der Waals surface area contributed by atoms with Gasteiger partial charge in [-0.25, -0.2) is 14.8 Å². The highest BCUT2D eigenvalue weighted by Gasteiger charge is 2.32. The number of fused-ring (bicyclic) bond motifs is 2. The van der Waals surface area contributed by atoms with Crippen LogP contribution in [-0.4, -0.2) is 104 Å². The number of H-pyrrole nitrogens is 3. The molecule has 0 aliphatic heterocycles. The van der Waals surface area contributed by atoms with Crippen LogP contribution in [0, 0.1) is 0 Å². The summed E-state index contributed by atoms with van der Waals surface area (Å²) in [5, 5.41) is 13.5. The van der Waals surface area contributed by atoms with Gasteiger partial charge < -0.3 is 53.4 Å². The normalized spacial score (nSPS) is 13.5. The van der Waals surface area contributed by atoms with Crippen LogP contribution in [0.25, 0.3) is 21.8 Å². The van der Waals surface area contributed by atoms with Crippen molar-refractivity contribution < 1.29 is 28.8 Å². The maximum atomic E-state index is 14.4. The van der Waals surface area contributed by atoms with Gasteiger partial charge in [0.25, 0.3) is 5.91 Å². The number of nitrogens with one attached hydrogen (secondary N) is 8. The third-order valence-electron chi connectivity index (χ3n) is 10.9. The van der Waals surface area contributed by atoms with Crippen molar-refractivity contribution in [1.82, 2.24) is 51.6 Å². The van der Waals surface area contributed by atoms with Gasteiger partial charge in [-0.3, -0.25) is 29.4 Å². The number of carbonyl (C=O) groups excluding carboxylic acids is 6. The van der Waals surface area contributed by atoms with Crippen LogP contribution in [0.5, 0.6) is 0 Å². The molecule has 0 saturated heterocycles. The minimum absolute atomic E-state index is 0.0283. The molecule has 14 N–H and O–H groups in total. The number of hydrogen-bond acceptors (Lipinski definition) is 9. The van der Waals surface area contributed by atoms with Crippen molar-refractivity contribution in [3.8, 4) is 0 Å². The van der Waals surface area contributed by atoms with E-state index in [1.54, 1.807) is 42.9 Å². The Kier molecular flexibility index (Phi) is 15.8. The number of unbranched alkanes of at least 4 members (excludes halogenated alkanes) is 1. The number of nitrogens with two attached hydrogens (primary N) is 3. The molecule has 336 valence electrons. The molecular formula is C45H55N13O6. The molecule has 19 heteroatoms. The van der Waals surface area contributed by atoms with Gasteiger partial charge in [-0.15, -0.1) is 0 Å². The SMILES string of the molecule is CN(NC(=O)[C@H](Cc1c[nH]c2ccccc12)NC(=O)[C@@H](N)Cc1cnc[nH]1)C(=O)N[C@@H](Cc1c[nH]c2ccccc12)C(=O)N[C@@H](Cc1ccccc1)C(=O)N[C@@H](CCCCN)C(N)=O. The summed E-state index contributed by atoms with van der Waals surface area (Å²) < 4.78 is 0. The van der Waals surface area contributed by atoms with Crippen LogP contribution >= 0.6 is 0 Å². The quantitative estimate of drug-likeness (QED) is 0.0364. The minimum atomic E-state index is -1.30. The minimum Gasteiger partial charge on any atom is -0.368 e. The van der Waals surface area contributed by atoms with Crippen LogP contribution in [0.2, 0.25) is 0 Å². The van der Waals surface area contributed by atoms with E-state index in [1.165, 1.54) is 13.4 Å². The highest BCUT2D eigenvalue weighted by Crippen LogP contribution is 2.21. The summed E-state index contributed by atoms with van der Waals surface area (Å²) in [7, 11) is 1.29. The standard InChI is InChI=1S/C45H55N13O6/c1-58(57-44(63)39(21-29-24-51-35-16-8-6-14-32(29)35)54-41(60)33(47)22-30-25-49-26-52-30)45(64)56-38(20-28-23-50-34-15-7-5-13-31(28)34)43(62)55-37(19-27-11-3-2-4-12-27)42(61)53-36(40(48)59)17-9-10-18-46/h2-8,11-16,23-26,33,36-39,50-51H,9-10,17-22,46-47H2,1H3,(H2,48,59)(H,49,52)(H,53,61)(H,54,60)(H,55,62)(H,56,64)(H,57,63)/t33-,36-,37-,38-,39-/m0/s1. The number of urea groups is 1. The van der Waals surface area contributed by atoms with Gasteiger partial charge in [0, 0.05) is 78.8 Å². The number of rotatable bonds is 21. The van der Waals surface area contributed by atoms with E-state index in [0.717, 1.165) is 37.9 Å².